The van der Waals surface area contributed by atoms with E-state index in [1.54, 1.807) is 0 Å². The highest BCUT2D eigenvalue weighted by atomic mass is 19.1. The van der Waals surface area contributed by atoms with Gasteiger partial charge in [-0.2, -0.15) is 0 Å². The normalized spacial score (nSPS) is 27.2. The molecule has 2 unspecified atom stereocenters. The average Bonchev–Trinajstić information content (AvgIpc) is 2.84. The van der Waals surface area contributed by atoms with Gasteiger partial charge in [0, 0.05) is 31.0 Å². The fourth-order valence-corrected chi connectivity index (χ4v) is 3.86. The number of benzene rings is 1. The summed E-state index contributed by atoms with van der Waals surface area (Å²) in [4.78, 5) is 14.3. The summed E-state index contributed by atoms with van der Waals surface area (Å²) in [7, 11) is 0. The first-order valence-electron chi connectivity index (χ1n) is 7.85. The molecule has 0 aromatic heterocycles. The molecule has 1 heterocycles. The molecular weight excluding hydrogens is 272 g/mol. The van der Waals surface area contributed by atoms with Gasteiger partial charge in [0.25, 0.3) is 0 Å². The van der Waals surface area contributed by atoms with Gasteiger partial charge in [0.2, 0.25) is 0 Å². The summed E-state index contributed by atoms with van der Waals surface area (Å²) in [5.41, 5.74) is 0.657. The fourth-order valence-electron chi connectivity index (χ4n) is 3.86. The molecule has 1 aliphatic heterocycles. The molecule has 2 aliphatic rings. The van der Waals surface area contributed by atoms with Crippen molar-refractivity contribution >= 4 is 5.78 Å². The van der Waals surface area contributed by atoms with Crippen LogP contribution in [0, 0.1) is 17.6 Å². The molecule has 0 spiro atoms. The van der Waals surface area contributed by atoms with E-state index >= 15 is 0 Å². The third kappa shape index (κ3) is 3.31. The van der Waals surface area contributed by atoms with E-state index < -0.39 is 11.6 Å². The van der Waals surface area contributed by atoms with E-state index in [0.29, 0.717) is 24.3 Å². The maximum absolute atomic E-state index is 13.3. The van der Waals surface area contributed by atoms with Crippen molar-refractivity contribution in [2.24, 2.45) is 5.92 Å². The Hall–Kier alpha value is -1.29. The van der Waals surface area contributed by atoms with Gasteiger partial charge >= 0.3 is 0 Å². The monoisotopic (exact) mass is 293 g/mol. The Morgan fingerprint density at radius 1 is 1.05 bits per heavy atom. The van der Waals surface area contributed by atoms with Crippen LogP contribution in [0.15, 0.2) is 18.2 Å². The van der Waals surface area contributed by atoms with E-state index in [4.69, 9.17) is 0 Å². The van der Waals surface area contributed by atoms with Crippen molar-refractivity contribution in [3.05, 3.63) is 35.4 Å². The number of carbonyl (C=O) groups is 1. The molecule has 1 saturated heterocycles. The highest BCUT2D eigenvalue weighted by molar-refractivity contribution is 5.83. The molecule has 0 bridgehead atoms. The summed E-state index contributed by atoms with van der Waals surface area (Å²) < 4.78 is 26.7. The minimum Gasteiger partial charge on any atom is -0.299 e. The average molecular weight is 293 g/mol. The quantitative estimate of drug-likeness (QED) is 0.847. The first-order valence-corrected chi connectivity index (χ1v) is 7.85. The number of hydrogen-bond acceptors (Lipinski definition) is 2. The summed E-state index contributed by atoms with van der Waals surface area (Å²) in [6.07, 6.45) is 5.91. The highest BCUT2D eigenvalue weighted by Gasteiger charge is 2.36. The van der Waals surface area contributed by atoms with Crippen LogP contribution in [0.2, 0.25) is 0 Å². The van der Waals surface area contributed by atoms with Crippen LogP contribution in [0.4, 0.5) is 8.78 Å². The first kappa shape index (κ1) is 14.6. The Balaban J connectivity index is 1.76. The van der Waals surface area contributed by atoms with Gasteiger partial charge in [-0.3, -0.25) is 9.69 Å². The predicted octanol–water partition coefficient (Wildman–Crippen LogP) is 3.69. The topological polar surface area (TPSA) is 20.3 Å². The van der Waals surface area contributed by atoms with Crippen LogP contribution >= 0.6 is 0 Å². The Labute approximate surface area is 124 Å². The van der Waals surface area contributed by atoms with Crippen LogP contribution in [-0.2, 0) is 11.3 Å². The van der Waals surface area contributed by atoms with Crippen LogP contribution in [0.3, 0.4) is 0 Å². The predicted molar refractivity (Wildman–Crippen MR) is 76.8 cm³/mol. The molecule has 1 aromatic rings. The van der Waals surface area contributed by atoms with Crippen LogP contribution in [-0.4, -0.2) is 23.3 Å². The Morgan fingerprint density at radius 2 is 1.81 bits per heavy atom. The van der Waals surface area contributed by atoms with Crippen molar-refractivity contribution in [3.63, 3.8) is 0 Å². The molecule has 114 valence electrons. The molecule has 21 heavy (non-hydrogen) atoms. The molecule has 2 nitrogen and oxygen atoms in total. The SMILES string of the molecule is O=C1CCCC1C1CCCCN1Cc1cc(F)cc(F)c1. The van der Waals surface area contributed by atoms with Crippen LogP contribution in [0.1, 0.15) is 44.1 Å². The minimum atomic E-state index is -0.532. The van der Waals surface area contributed by atoms with Gasteiger partial charge in [-0.25, -0.2) is 8.78 Å². The molecule has 3 rings (SSSR count). The molecule has 4 heteroatoms. The lowest BCUT2D eigenvalue weighted by atomic mass is 9.88. The van der Waals surface area contributed by atoms with Gasteiger partial charge in [-0.1, -0.05) is 6.42 Å². The van der Waals surface area contributed by atoms with E-state index in [1.807, 2.05) is 0 Å². The van der Waals surface area contributed by atoms with Gasteiger partial charge in [0.1, 0.15) is 17.4 Å². The molecule has 2 fully saturated rings. The molecular formula is C17H21F2NO. The molecule has 1 saturated carbocycles. The Kier molecular flexibility index (Phi) is 4.34. The van der Waals surface area contributed by atoms with E-state index in [0.717, 1.165) is 44.7 Å². The zero-order valence-corrected chi connectivity index (χ0v) is 12.2. The molecule has 0 amide bonds. The number of likely N-dealkylation sites (tertiary alicyclic amines) is 1. The standard InChI is InChI=1S/C17H21F2NO/c18-13-8-12(9-14(19)10-13)11-20-7-2-1-5-16(20)15-4-3-6-17(15)21/h8-10,15-16H,1-7,11H2. The maximum atomic E-state index is 13.3. The van der Waals surface area contributed by atoms with Crippen LogP contribution in [0.5, 0.6) is 0 Å². The largest absolute Gasteiger partial charge is 0.299 e. The van der Waals surface area contributed by atoms with Gasteiger partial charge in [0.15, 0.2) is 0 Å². The van der Waals surface area contributed by atoms with Crippen molar-refractivity contribution in [1.82, 2.24) is 4.90 Å². The lowest BCUT2D eigenvalue weighted by molar-refractivity contribution is -0.123. The zero-order chi connectivity index (χ0) is 14.8. The van der Waals surface area contributed by atoms with Crippen LogP contribution < -0.4 is 0 Å². The van der Waals surface area contributed by atoms with Crippen molar-refractivity contribution in [1.29, 1.82) is 0 Å². The van der Waals surface area contributed by atoms with E-state index in [1.165, 1.54) is 12.1 Å². The van der Waals surface area contributed by atoms with Crippen molar-refractivity contribution < 1.29 is 13.6 Å². The number of hydrogen-bond donors (Lipinski definition) is 0. The second-order valence-electron chi connectivity index (χ2n) is 6.28. The van der Waals surface area contributed by atoms with Crippen molar-refractivity contribution in [2.75, 3.05) is 6.54 Å². The molecule has 2 atom stereocenters. The van der Waals surface area contributed by atoms with E-state index in [2.05, 4.69) is 4.90 Å². The second-order valence-corrected chi connectivity index (χ2v) is 6.28. The second kappa shape index (κ2) is 6.22. The van der Waals surface area contributed by atoms with E-state index in [9.17, 15) is 13.6 Å². The smallest absolute Gasteiger partial charge is 0.137 e. The number of nitrogens with zero attached hydrogens (tertiary/aromatic N) is 1. The molecule has 0 N–H and O–H groups in total. The first-order chi connectivity index (χ1) is 10.1. The van der Waals surface area contributed by atoms with E-state index in [-0.39, 0.29) is 12.0 Å². The van der Waals surface area contributed by atoms with Crippen LogP contribution in [0.25, 0.3) is 0 Å². The number of halogens is 2. The number of ketones is 1. The van der Waals surface area contributed by atoms with Gasteiger partial charge < -0.3 is 0 Å². The number of piperidine rings is 1. The number of Topliss-reactive ketones (excluding diaryl/α,β-unsaturated/α-hetero) is 1. The van der Waals surface area contributed by atoms with Gasteiger partial charge in [0.05, 0.1) is 0 Å². The van der Waals surface area contributed by atoms with Crippen molar-refractivity contribution in [2.45, 2.75) is 51.1 Å². The summed E-state index contributed by atoms with van der Waals surface area (Å²) in [5.74, 6) is -0.563. The maximum Gasteiger partial charge on any atom is 0.137 e. The van der Waals surface area contributed by atoms with Crippen molar-refractivity contribution in [3.8, 4) is 0 Å². The minimum absolute atomic E-state index is 0.128. The summed E-state index contributed by atoms with van der Waals surface area (Å²) in [6.45, 7) is 1.44. The number of carbonyl (C=O) groups excluding carboxylic acids is 1. The molecule has 1 aromatic carbocycles. The summed E-state index contributed by atoms with van der Waals surface area (Å²) >= 11 is 0. The Bertz CT molecular complexity index is 511. The fraction of sp³-hybridized carbons (Fsp3) is 0.588. The third-order valence-electron chi connectivity index (χ3n) is 4.79. The molecule has 1 aliphatic carbocycles. The van der Waals surface area contributed by atoms with Gasteiger partial charge in [-0.05, 0) is 49.9 Å². The lowest BCUT2D eigenvalue weighted by Crippen LogP contribution is -2.44. The Morgan fingerprint density at radius 3 is 2.48 bits per heavy atom. The summed E-state index contributed by atoms with van der Waals surface area (Å²) in [5, 5.41) is 0. The number of rotatable bonds is 3. The lowest BCUT2D eigenvalue weighted by Gasteiger charge is -2.38. The molecule has 0 radical (unpaired) electrons. The third-order valence-corrected chi connectivity index (χ3v) is 4.79. The van der Waals surface area contributed by atoms with Gasteiger partial charge in [-0.15, -0.1) is 0 Å². The zero-order valence-electron chi connectivity index (χ0n) is 12.2. The summed E-state index contributed by atoms with van der Waals surface area (Å²) in [6, 6.07) is 3.94. The highest BCUT2D eigenvalue weighted by Crippen LogP contribution is 2.33.